The van der Waals surface area contributed by atoms with Gasteiger partial charge in [0.05, 0.1) is 6.10 Å². The van der Waals surface area contributed by atoms with E-state index in [-0.39, 0.29) is 6.79 Å². The van der Waals surface area contributed by atoms with Crippen molar-refractivity contribution in [3.05, 3.63) is 0 Å². The Morgan fingerprint density at radius 1 is 0.857 bits per heavy atom. The molecule has 0 bridgehead atoms. The van der Waals surface area contributed by atoms with Crippen LogP contribution in [0.2, 0.25) is 25.7 Å². The van der Waals surface area contributed by atoms with Crippen LogP contribution in [0.15, 0.2) is 0 Å². The Morgan fingerprint density at radius 3 is 1.89 bits per heavy atom. The van der Waals surface area contributed by atoms with Gasteiger partial charge in [-0.05, 0) is 13.0 Å². The molecule has 0 amide bonds. The molecule has 162 valence electrons. The van der Waals surface area contributed by atoms with Crippen LogP contribution in [0.25, 0.3) is 0 Å². The summed E-state index contributed by atoms with van der Waals surface area (Å²) in [4.78, 5) is 34.5. The lowest BCUT2D eigenvalue weighted by Crippen LogP contribution is -2.61. The van der Waals surface area contributed by atoms with E-state index in [1.807, 2.05) is 0 Å². The minimum absolute atomic E-state index is 0.0361. The van der Waals surface area contributed by atoms with Crippen molar-refractivity contribution in [1.29, 1.82) is 0 Å². The highest BCUT2D eigenvalue weighted by atomic mass is 28.3. The number of rotatable bonds is 9. The minimum Gasteiger partial charge on any atom is -0.455 e. The number of hydrogen-bond acceptors (Lipinski definition) is 9. The fourth-order valence-corrected chi connectivity index (χ4v) is 3.42. The van der Waals surface area contributed by atoms with E-state index in [4.69, 9.17) is 28.4 Å². The Kier molecular flexibility index (Phi) is 9.55. The molecule has 9 nitrogen and oxygen atoms in total. The monoisotopic (exact) mass is 420 g/mol. The lowest BCUT2D eigenvalue weighted by molar-refractivity contribution is -0.304. The van der Waals surface area contributed by atoms with Gasteiger partial charge in [0, 0.05) is 35.5 Å². The molecule has 0 radical (unpaired) electrons. The quantitative estimate of drug-likeness (QED) is 0.182. The second kappa shape index (κ2) is 10.9. The van der Waals surface area contributed by atoms with E-state index < -0.39 is 56.7 Å². The maximum atomic E-state index is 11.6. The third-order valence-corrected chi connectivity index (χ3v) is 5.66. The molecule has 1 saturated heterocycles. The van der Waals surface area contributed by atoms with Gasteiger partial charge in [0.25, 0.3) is 0 Å². The van der Waals surface area contributed by atoms with Crippen LogP contribution in [0.3, 0.4) is 0 Å². The van der Waals surface area contributed by atoms with E-state index in [1.54, 1.807) is 6.92 Å². The molecule has 5 atom stereocenters. The summed E-state index contributed by atoms with van der Waals surface area (Å²) in [6.45, 7) is 12.6. The standard InChI is InChI=1S/C18H32O9Si/c1-11-15(23-10-22-8-9-28(5,6)7)16(25-12(2)19)17(26-13(3)20)18(24-11)27-14(4)21/h11,15-18H,8-10H2,1-7H3/t11-,15+,16+,17-,18+/m1/s1. The molecule has 0 aromatic rings. The molecule has 0 aromatic heterocycles. The highest BCUT2D eigenvalue weighted by Crippen LogP contribution is 2.29. The van der Waals surface area contributed by atoms with Crippen LogP contribution in [0, 0.1) is 0 Å². The normalized spacial score (nSPS) is 27.8. The van der Waals surface area contributed by atoms with E-state index in [2.05, 4.69) is 19.6 Å². The van der Waals surface area contributed by atoms with Gasteiger partial charge >= 0.3 is 17.9 Å². The second-order valence-electron chi connectivity index (χ2n) is 7.94. The van der Waals surface area contributed by atoms with E-state index >= 15 is 0 Å². The van der Waals surface area contributed by atoms with Crippen molar-refractivity contribution in [3.8, 4) is 0 Å². The van der Waals surface area contributed by atoms with Crippen molar-refractivity contribution in [3.63, 3.8) is 0 Å². The SMILES string of the molecule is CC(=O)O[C@@H]1O[C@H](C)[C@H](OCOCC[Si](C)(C)C)[C@H](OC(C)=O)[C@H]1OC(C)=O. The highest BCUT2D eigenvalue weighted by molar-refractivity contribution is 6.76. The summed E-state index contributed by atoms with van der Waals surface area (Å²) >= 11 is 0. The molecule has 0 saturated carbocycles. The minimum atomic E-state index is -1.23. The zero-order valence-corrected chi connectivity index (χ0v) is 18.7. The number of hydrogen-bond donors (Lipinski definition) is 0. The fourth-order valence-electron chi connectivity index (χ4n) is 2.67. The van der Waals surface area contributed by atoms with Crippen LogP contribution >= 0.6 is 0 Å². The van der Waals surface area contributed by atoms with E-state index in [1.165, 1.54) is 20.8 Å². The molecular formula is C18H32O9Si. The molecule has 28 heavy (non-hydrogen) atoms. The highest BCUT2D eigenvalue weighted by Gasteiger charge is 2.50. The Labute approximate surface area is 166 Å². The number of esters is 3. The predicted octanol–water partition coefficient (Wildman–Crippen LogP) is 1.86. The van der Waals surface area contributed by atoms with Crippen LogP contribution in [0.5, 0.6) is 0 Å². The average molecular weight is 421 g/mol. The maximum absolute atomic E-state index is 11.6. The van der Waals surface area contributed by atoms with Gasteiger partial charge in [0.1, 0.15) is 12.9 Å². The van der Waals surface area contributed by atoms with E-state index in [0.717, 1.165) is 6.04 Å². The van der Waals surface area contributed by atoms with Gasteiger partial charge in [0.2, 0.25) is 12.4 Å². The van der Waals surface area contributed by atoms with Gasteiger partial charge in [-0.15, -0.1) is 0 Å². The van der Waals surface area contributed by atoms with Crippen molar-refractivity contribution in [2.45, 2.75) is 84.1 Å². The first-order valence-corrected chi connectivity index (χ1v) is 13.0. The lowest BCUT2D eigenvalue weighted by Gasteiger charge is -2.43. The maximum Gasteiger partial charge on any atom is 0.305 e. The van der Waals surface area contributed by atoms with Crippen molar-refractivity contribution < 1.29 is 42.8 Å². The van der Waals surface area contributed by atoms with Gasteiger partial charge in [-0.3, -0.25) is 14.4 Å². The van der Waals surface area contributed by atoms with E-state index in [0.29, 0.717) is 6.61 Å². The molecular weight excluding hydrogens is 388 g/mol. The summed E-state index contributed by atoms with van der Waals surface area (Å²) in [6.07, 6.45) is -4.77. The zero-order chi connectivity index (χ0) is 21.5. The van der Waals surface area contributed by atoms with Crippen LogP contribution in [0.1, 0.15) is 27.7 Å². The van der Waals surface area contributed by atoms with E-state index in [9.17, 15) is 14.4 Å². The summed E-state index contributed by atoms with van der Waals surface area (Å²) < 4.78 is 32.6. The Hall–Kier alpha value is -1.49. The summed E-state index contributed by atoms with van der Waals surface area (Å²) in [6, 6.07) is 0.977. The first-order valence-electron chi connectivity index (χ1n) is 9.27. The molecule has 0 aliphatic carbocycles. The van der Waals surface area contributed by atoms with Crippen molar-refractivity contribution >= 4 is 26.0 Å². The van der Waals surface area contributed by atoms with Crippen LogP contribution in [0.4, 0.5) is 0 Å². The molecule has 1 aliphatic rings. The van der Waals surface area contributed by atoms with Crippen molar-refractivity contribution in [2.24, 2.45) is 0 Å². The summed E-state index contributed by atoms with van der Waals surface area (Å²) in [7, 11) is -1.23. The molecule has 0 unspecified atom stereocenters. The third-order valence-electron chi connectivity index (χ3n) is 3.95. The second-order valence-corrected chi connectivity index (χ2v) is 13.6. The van der Waals surface area contributed by atoms with Crippen LogP contribution in [-0.2, 0) is 42.8 Å². The molecule has 0 N–H and O–H groups in total. The van der Waals surface area contributed by atoms with Gasteiger partial charge in [-0.2, -0.15) is 0 Å². The molecule has 1 aliphatic heterocycles. The first-order chi connectivity index (χ1) is 12.9. The summed E-state index contributed by atoms with van der Waals surface area (Å²) in [5, 5.41) is 0. The molecule has 0 spiro atoms. The van der Waals surface area contributed by atoms with Crippen molar-refractivity contribution in [1.82, 2.24) is 0 Å². The topological polar surface area (TPSA) is 107 Å². The Morgan fingerprint density at radius 2 is 1.39 bits per heavy atom. The Balaban J connectivity index is 2.88. The van der Waals surface area contributed by atoms with Gasteiger partial charge in [-0.1, -0.05) is 19.6 Å². The van der Waals surface area contributed by atoms with Gasteiger partial charge in [0.15, 0.2) is 6.10 Å². The van der Waals surface area contributed by atoms with Crippen LogP contribution in [-0.4, -0.2) is 70.1 Å². The predicted molar refractivity (Wildman–Crippen MR) is 101 cm³/mol. The molecule has 1 fully saturated rings. The number of carbonyl (C=O) groups excluding carboxylic acids is 3. The lowest BCUT2D eigenvalue weighted by atomic mass is 9.99. The molecule has 1 rings (SSSR count). The molecule has 10 heteroatoms. The van der Waals surface area contributed by atoms with Crippen molar-refractivity contribution in [2.75, 3.05) is 13.4 Å². The van der Waals surface area contributed by atoms with Gasteiger partial charge in [-0.25, -0.2) is 0 Å². The first kappa shape index (κ1) is 24.5. The molecule has 1 heterocycles. The largest absolute Gasteiger partial charge is 0.455 e. The summed E-state index contributed by atoms with van der Waals surface area (Å²) in [5.74, 6) is -1.85. The number of ether oxygens (including phenoxy) is 6. The fraction of sp³-hybridized carbons (Fsp3) is 0.833. The Bertz CT molecular complexity index is 546. The van der Waals surface area contributed by atoms with Gasteiger partial charge < -0.3 is 28.4 Å². The smallest absolute Gasteiger partial charge is 0.305 e. The number of carbonyl (C=O) groups is 3. The average Bonchev–Trinajstić information content (AvgIpc) is 2.50. The summed E-state index contributed by atoms with van der Waals surface area (Å²) in [5.41, 5.74) is 0. The third kappa shape index (κ3) is 8.68. The zero-order valence-electron chi connectivity index (χ0n) is 17.7. The molecule has 0 aromatic carbocycles. The van der Waals surface area contributed by atoms with Crippen LogP contribution < -0.4 is 0 Å².